The molecule has 0 amide bonds. The SMILES string of the molecule is Cn1cncc1CC(=N)N. The van der Waals surface area contributed by atoms with Crippen molar-refractivity contribution in [3.8, 4) is 0 Å². The van der Waals surface area contributed by atoms with Crippen molar-refractivity contribution < 1.29 is 0 Å². The second-order valence-electron chi connectivity index (χ2n) is 2.20. The summed E-state index contributed by atoms with van der Waals surface area (Å²) in [7, 11) is 1.88. The van der Waals surface area contributed by atoms with Gasteiger partial charge in [0.1, 0.15) is 0 Å². The first kappa shape index (κ1) is 6.80. The van der Waals surface area contributed by atoms with Gasteiger partial charge in [-0.15, -0.1) is 0 Å². The van der Waals surface area contributed by atoms with Crippen LogP contribution in [0.25, 0.3) is 0 Å². The summed E-state index contributed by atoms with van der Waals surface area (Å²) in [5.74, 6) is 0.170. The van der Waals surface area contributed by atoms with E-state index in [1.807, 2.05) is 11.6 Å². The topological polar surface area (TPSA) is 67.7 Å². The Balaban J connectivity index is 2.74. The van der Waals surface area contributed by atoms with Gasteiger partial charge in [-0.2, -0.15) is 0 Å². The number of imidazole rings is 1. The molecule has 0 saturated carbocycles. The quantitative estimate of drug-likeness (QED) is 0.442. The van der Waals surface area contributed by atoms with Gasteiger partial charge >= 0.3 is 0 Å². The van der Waals surface area contributed by atoms with Crippen molar-refractivity contribution in [2.75, 3.05) is 0 Å². The number of rotatable bonds is 2. The van der Waals surface area contributed by atoms with Crippen molar-refractivity contribution in [1.82, 2.24) is 9.55 Å². The van der Waals surface area contributed by atoms with Crippen LogP contribution < -0.4 is 5.73 Å². The van der Waals surface area contributed by atoms with Crippen LogP contribution >= 0.6 is 0 Å². The molecule has 3 N–H and O–H groups in total. The number of nitrogens with zero attached hydrogens (tertiary/aromatic N) is 2. The largest absolute Gasteiger partial charge is 0.387 e. The zero-order valence-corrected chi connectivity index (χ0v) is 5.83. The predicted octanol–water partition coefficient (Wildman–Crippen LogP) is -0.101. The van der Waals surface area contributed by atoms with Gasteiger partial charge in [0.25, 0.3) is 0 Å². The van der Waals surface area contributed by atoms with Crippen LogP contribution in [0, 0.1) is 5.41 Å². The molecule has 10 heavy (non-hydrogen) atoms. The minimum atomic E-state index is 0.170. The summed E-state index contributed by atoms with van der Waals surface area (Å²) in [6.07, 6.45) is 3.89. The highest BCUT2D eigenvalue weighted by molar-refractivity contribution is 5.78. The van der Waals surface area contributed by atoms with Gasteiger partial charge in [-0.1, -0.05) is 0 Å². The molecular formula is C6H10N4. The summed E-state index contributed by atoms with van der Waals surface area (Å²) < 4.78 is 1.85. The number of aromatic nitrogens is 2. The highest BCUT2D eigenvalue weighted by Crippen LogP contribution is 1.95. The van der Waals surface area contributed by atoms with Crippen LogP contribution in [-0.2, 0) is 13.5 Å². The van der Waals surface area contributed by atoms with E-state index in [1.165, 1.54) is 0 Å². The Morgan fingerprint density at radius 1 is 1.90 bits per heavy atom. The summed E-state index contributed by atoms with van der Waals surface area (Å²) in [6.45, 7) is 0. The lowest BCUT2D eigenvalue weighted by Crippen LogP contribution is -2.14. The minimum Gasteiger partial charge on any atom is -0.387 e. The zero-order valence-electron chi connectivity index (χ0n) is 5.83. The van der Waals surface area contributed by atoms with Crippen molar-refractivity contribution in [2.45, 2.75) is 6.42 Å². The number of nitrogens with one attached hydrogen (secondary N) is 1. The average Bonchev–Trinajstić information content (AvgIpc) is 2.15. The van der Waals surface area contributed by atoms with E-state index < -0.39 is 0 Å². The maximum Gasteiger partial charge on any atom is 0.0965 e. The third-order valence-electron chi connectivity index (χ3n) is 1.29. The first-order chi connectivity index (χ1) is 4.70. The highest BCUT2D eigenvalue weighted by Gasteiger charge is 1.97. The fourth-order valence-electron chi connectivity index (χ4n) is 0.750. The molecule has 1 aromatic rings. The van der Waals surface area contributed by atoms with E-state index in [1.54, 1.807) is 12.5 Å². The minimum absolute atomic E-state index is 0.170. The van der Waals surface area contributed by atoms with Gasteiger partial charge in [0.15, 0.2) is 0 Å². The third kappa shape index (κ3) is 1.34. The molecule has 0 unspecified atom stereocenters. The van der Waals surface area contributed by atoms with E-state index in [-0.39, 0.29) is 5.84 Å². The van der Waals surface area contributed by atoms with Gasteiger partial charge in [0.05, 0.1) is 12.2 Å². The second-order valence-corrected chi connectivity index (χ2v) is 2.20. The van der Waals surface area contributed by atoms with Crippen molar-refractivity contribution in [3.63, 3.8) is 0 Å². The van der Waals surface area contributed by atoms with Crippen LogP contribution in [0.2, 0.25) is 0 Å². The molecule has 0 aliphatic carbocycles. The Bertz CT molecular complexity index is 238. The first-order valence-electron chi connectivity index (χ1n) is 2.98. The van der Waals surface area contributed by atoms with Gasteiger partial charge in [-0.05, 0) is 0 Å². The molecule has 0 aliphatic rings. The Morgan fingerprint density at radius 3 is 3.00 bits per heavy atom. The molecule has 0 fully saturated rings. The summed E-state index contributed by atoms with van der Waals surface area (Å²) in [5.41, 5.74) is 6.16. The fourth-order valence-corrected chi connectivity index (χ4v) is 0.750. The van der Waals surface area contributed by atoms with E-state index in [0.29, 0.717) is 6.42 Å². The highest BCUT2D eigenvalue weighted by atomic mass is 15.0. The molecule has 0 aromatic carbocycles. The molecule has 0 bridgehead atoms. The number of nitrogens with two attached hydrogens (primary N) is 1. The van der Waals surface area contributed by atoms with Crippen LogP contribution in [0.1, 0.15) is 5.69 Å². The summed E-state index contributed by atoms with van der Waals surface area (Å²) >= 11 is 0. The maximum atomic E-state index is 7.00. The summed E-state index contributed by atoms with van der Waals surface area (Å²) in [5, 5.41) is 7.00. The molecule has 54 valence electrons. The van der Waals surface area contributed by atoms with E-state index in [4.69, 9.17) is 11.1 Å². The third-order valence-corrected chi connectivity index (χ3v) is 1.29. The van der Waals surface area contributed by atoms with Crippen LogP contribution in [0.3, 0.4) is 0 Å². The van der Waals surface area contributed by atoms with E-state index >= 15 is 0 Å². The lowest BCUT2D eigenvalue weighted by molar-refractivity contribution is 0.856. The monoisotopic (exact) mass is 138 g/mol. The maximum absolute atomic E-state index is 7.00. The number of amidine groups is 1. The molecule has 0 aliphatic heterocycles. The standard InChI is InChI=1S/C6H10N4/c1-10-4-9-3-5(10)2-6(7)8/h3-4H,2H2,1H3,(H3,7,8). The molecular weight excluding hydrogens is 128 g/mol. The van der Waals surface area contributed by atoms with Crippen molar-refractivity contribution in [3.05, 3.63) is 18.2 Å². The zero-order chi connectivity index (χ0) is 7.56. The molecule has 0 saturated heterocycles. The number of hydrogen-bond donors (Lipinski definition) is 2. The van der Waals surface area contributed by atoms with Gasteiger partial charge in [0.2, 0.25) is 0 Å². The Kier molecular flexibility index (Phi) is 1.71. The first-order valence-corrected chi connectivity index (χ1v) is 2.98. The Morgan fingerprint density at radius 2 is 2.60 bits per heavy atom. The summed E-state index contributed by atoms with van der Waals surface area (Å²) in [6, 6.07) is 0. The number of hydrogen-bond acceptors (Lipinski definition) is 2. The van der Waals surface area contributed by atoms with Crippen LogP contribution in [0.15, 0.2) is 12.5 Å². The van der Waals surface area contributed by atoms with E-state index in [9.17, 15) is 0 Å². The van der Waals surface area contributed by atoms with Gasteiger partial charge < -0.3 is 10.3 Å². The predicted molar refractivity (Wildman–Crippen MR) is 38.8 cm³/mol. The van der Waals surface area contributed by atoms with Gasteiger partial charge in [0, 0.05) is 25.4 Å². The van der Waals surface area contributed by atoms with Crippen LogP contribution in [0.5, 0.6) is 0 Å². The van der Waals surface area contributed by atoms with Crippen LogP contribution in [0.4, 0.5) is 0 Å². The summed E-state index contributed by atoms with van der Waals surface area (Å²) in [4.78, 5) is 3.89. The molecule has 0 spiro atoms. The lowest BCUT2D eigenvalue weighted by atomic mass is 10.3. The fraction of sp³-hybridized carbons (Fsp3) is 0.333. The smallest absolute Gasteiger partial charge is 0.0965 e. The lowest BCUT2D eigenvalue weighted by Gasteiger charge is -1.97. The molecule has 1 aromatic heterocycles. The van der Waals surface area contributed by atoms with Crippen LogP contribution in [-0.4, -0.2) is 15.4 Å². The van der Waals surface area contributed by atoms with Crippen molar-refractivity contribution >= 4 is 5.84 Å². The Labute approximate surface area is 59.2 Å². The number of aryl methyl sites for hydroxylation is 1. The molecule has 0 atom stereocenters. The van der Waals surface area contributed by atoms with Gasteiger partial charge in [-0.25, -0.2) is 4.98 Å². The second kappa shape index (κ2) is 2.51. The molecule has 4 heteroatoms. The Hall–Kier alpha value is -1.32. The van der Waals surface area contributed by atoms with E-state index in [0.717, 1.165) is 5.69 Å². The normalized spacial score (nSPS) is 9.70. The molecule has 1 heterocycles. The van der Waals surface area contributed by atoms with Gasteiger partial charge in [-0.3, -0.25) is 5.41 Å². The molecule has 1 rings (SSSR count). The molecule has 4 nitrogen and oxygen atoms in total. The van der Waals surface area contributed by atoms with Crippen molar-refractivity contribution in [2.24, 2.45) is 12.8 Å². The average molecular weight is 138 g/mol. The van der Waals surface area contributed by atoms with Crippen molar-refractivity contribution in [1.29, 1.82) is 5.41 Å². The van der Waals surface area contributed by atoms with E-state index in [2.05, 4.69) is 4.98 Å². The molecule has 0 radical (unpaired) electrons.